The van der Waals surface area contributed by atoms with Gasteiger partial charge < -0.3 is 15.0 Å². The van der Waals surface area contributed by atoms with Crippen LogP contribution in [-0.2, 0) is 26.0 Å². The molecule has 0 heterocycles. The highest BCUT2D eigenvalue weighted by molar-refractivity contribution is 7.92. The third-order valence-corrected chi connectivity index (χ3v) is 6.39. The fourth-order valence-electron chi connectivity index (χ4n) is 3.58. The van der Waals surface area contributed by atoms with Gasteiger partial charge in [-0.3, -0.25) is 13.9 Å². The number of sulfonamides is 1. The number of nitrogens with one attached hydrogen (secondary N) is 1. The third-order valence-electron chi connectivity index (χ3n) is 5.26. The number of rotatable bonds is 11. The molecule has 0 unspecified atom stereocenters. The number of benzene rings is 2. The van der Waals surface area contributed by atoms with Gasteiger partial charge in [0, 0.05) is 12.1 Å². The van der Waals surface area contributed by atoms with E-state index in [1.54, 1.807) is 38.1 Å². The van der Waals surface area contributed by atoms with Gasteiger partial charge in [0.2, 0.25) is 21.8 Å². The third kappa shape index (κ3) is 8.58. The van der Waals surface area contributed by atoms with Crippen LogP contribution >= 0.6 is 0 Å². The van der Waals surface area contributed by atoms with E-state index in [1.807, 2.05) is 51.1 Å². The molecule has 0 radical (unpaired) electrons. The van der Waals surface area contributed by atoms with E-state index < -0.39 is 34.1 Å². The average Bonchev–Trinajstić information content (AvgIpc) is 2.77. The molecular formula is C26H37N3O5S. The molecule has 0 fully saturated rings. The first kappa shape index (κ1) is 28.2. The number of carbonyl (C=O) groups excluding carboxylic acids is 2. The standard InChI is InChI=1S/C26H37N3O5S/c1-7-34-23-16-12-11-15-22(23)29(35(6,32)33)19-24(30)28(18-17-21-13-9-8-10-14-21)20(2)25(31)27-26(3,4)5/h8-16,20H,7,17-19H2,1-6H3,(H,27,31)/t20-/m0/s1. The van der Waals surface area contributed by atoms with Crippen LogP contribution in [0.3, 0.4) is 0 Å². The Balaban J connectivity index is 2.37. The molecule has 35 heavy (non-hydrogen) atoms. The van der Waals surface area contributed by atoms with Gasteiger partial charge >= 0.3 is 0 Å². The van der Waals surface area contributed by atoms with Gasteiger partial charge in [-0.2, -0.15) is 0 Å². The fraction of sp³-hybridized carbons (Fsp3) is 0.462. The zero-order valence-corrected chi connectivity index (χ0v) is 22.3. The summed E-state index contributed by atoms with van der Waals surface area (Å²) in [6.07, 6.45) is 1.57. The molecule has 0 aromatic heterocycles. The van der Waals surface area contributed by atoms with Crippen LogP contribution in [0, 0.1) is 0 Å². The van der Waals surface area contributed by atoms with Gasteiger partial charge in [0.05, 0.1) is 18.6 Å². The molecule has 8 nitrogen and oxygen atoms in total. The molecule has 1 atom stereocenters. The number of hydrogen-bond acceptors (Lipinski definition) is 5. The maximum absolute atomic E-state index is 13.6. The molecule has 0 saturated heterocycles. The van der Waals surface area contributed by atoms with Crippen molar-refractivity contribution in [3.05, 3.63) is 60.2 Å². The van der Waals surface area contributed by atoms with E-state index in [-0.39, 0.29) is 18.1 Å². The molecule has 0 bridgehead atoms. The van der Waals surface area contributed by atoms with Gasteiger partial charge in [0.15, 0.2) is 0 Å². The van der Waals surface area contributed by atoms with Crippen molar-refractivity contribution in [3.8, 4) is 5.75 Å². The maximum atomic E-state index is 13.6. The van der Waals surface area contributed by atoms with Gasteiger partial charge in [0.1, 0.15) is 18.3 Å². The predicted octanol–water partition coefficient (Wildman–Crippen LogP) is 3.23. The summed E-state index contributed by atoms with van der Waals surface area (Å²) in [4.78, 5) is 28.0. The summed E-state index contributed by atoms with van der Waals surface area (Å²) in [5.74, 6) is -0.420. The van der Waals surface area contributed by atoms with Crippen LogP contribution in [-0.4, -0.2) is 62.7 Å². The van der Waals surface area contributed by atoms with Gasteiger partial charge in [0.25, 0.3) is 0 Å². The molecular weight excluding hydrogens is 466 g/mol. The minimum Gasteiger partial charge on any atom is -0.492 e. The molecule has 192 valence electrons. The van der Waals surface area contributed by atoms with E-state index in [0.717, 1.165) is 16.1 Å². The Morgan fingerprint density at radius 1 is 1.03 bits per heavy atom. The van der Waals surface area contributed by atoms with Crippen LogP contribution in [0.5, 0.6) is 5.75 Å². The fourth-order valence-corrected chi connectivity index (χ4v) is 4.43. The molecule has 0 aliphatic heterocycles. The zero-order valence-electron chi connectivity index (χ0n) is 21.4. The van der Waals surface area contributed by atoms with Crippen LogP contribution in [0.1, 0.15) is 40.2 Å². The predicted molar refractivity (Wildman–Crippen MR) is 139 cm³/mol. The summed E-state index contributed by atoms with van der Waals surface area (Å²) >= 11 is 0. The van der Waals surface area contributed by atoms with E-state index in [0.29, 0.717) is 18.8 Å². The molecule has 2 amide bonds. The topological polar surface area (TPSA) is 96.0 Å². The van der Waals surface area contributed by atoms with Crippen LogP contribution in [0.4, 0.5) is 5.69 Å². The first-order valence-electron chi connectivity index (χ1n) is 11.7. The molecule has 2 aromatic carbocycles. The number of hydrogen-bond donors (Lipinski definition) is 1. The Hall–Kier alpha value is -3.07. The van der Waals surface area contributed by atoms with Crippen molar-refractivity contribution in [1.29, 1.82) is 0 Å². The number of amides is 2. The average molecular weight is 504 g/mol. The Kier molecular flexibility index (Phi) is 9.71. The summed E-state index contributed by atoms with van der Waals surface area (Å²) in [6, 6.07) is 15.5. The number of carbonyl (C=O) groups is 2. The van der Waals surface area contributed by atoms with E-state index in [9.17, 15) is 18.0 Å². The highest BCUT2D eigenvalue weighted by Gasteiger charge is 2.31. The second kappa shape index (κ2) is 12.1. The normalized spacial score (nSPS) is 12.5. The molecule has 1 N–H and O–H groups in total. The number of nitrogens with zero attached hydrogens (tertiary/aromatic N) is 2. The number of ether oxygens (including phenoxy) is 1. The first-order chi connectivity index (χ1) is 16.3. The number of para-hydroxylation sites is 2. The highest BCUT2D eigenvalue weighted by atomic mass is 32.2. The summed E-state index contributed by atoms with van der Waals surface area (Å²) in [5, 5.41) is 2.91. The second-order valence-corrected chi connectivity index (χ2v) is 11.3. The molecule has 2 aromatic rings. The van der Waals surface area contributed by atoms with Crippen LogP contribution in [0.25, 0.3) is 0 Å². The van der Waals surface area contributed by atoms with Crippen LogP contribution in [0.2, 0.25) is 0 Å². The lowest BCUT2D eigenvalue weighted by Crippen LogP contribution is -2.55. The summed E-state index contributed by atoms with van der Waals surface area (Å²) < 4.78 is 32.1. The molecule has 0 aliphatic rings. The summed E-state index contributed by atoms with van der Waals surface area (Å²) in [6.45, 7) is 9.20. The van der Waals surface area contributed by atoms with Crippen molar-refractivity contribution in [3.63, 3.8) is 0 Å². The van der Waals surface area contributed by atoms with Crippen LogP contribution in [0.15, 0.2) is 54.6 Å². The monoisotopic (exact) mass is 503 g/mol. The van der Waals surface area contributed by atoms with Gasteiger partial charge in [-0.1, -0.05) is 42.5 Å². The van der Waals surface area contributed by atoms with Crippen molar-refractivity contribution in [2.75, 3.05) is 30.3 Å². The minimum absolute atomic E-state index is 0.256. The Bertz CT molecular complexity index is 1100. The summed E-state index contributed by atoms with van der Waals surface area (Å²) in [7, 11) is -3.82. The Labute approximate surface area is 209 Å². The van der Waals surface area contributed by atoms with E-state index >= 15 is 0 Å². The van der Waals surface area contributed by atoms with E-state index in [1.165, 1.54) is 4.90 Å². The van der Waals surface area contributed by atoms with Crippen LogP contribution < -0.4 is 14.4 Å². The molecule has 9 heteroatoms. The van der Waals surface area contributed by atoms with Gasteiger partial charge in [-0.05, 0) is 58.7 Å². The van der Waals surface area contributed by atoms with E-state index in [4.69, 9.17) is 4.74 Å². The van der Waals surface area contributed by atoms with E-state index in [2.05, 4.69) is 5.32 Å². The lowest BCUT2D eigenvalue weighted by Gasteiger charge is -2.33. The molecule has 0 saturated carbocycles. The summed E-state index contributed by atoms with van der Waals surface area (Å²) in [5.41, 5.74) is 0.810. The van der Waals surface area contributed by atoms with Gasteiger partial charge in [-0.15, -0.1) is 0 Å². The lowest BCUT2D eigenvalue weighted by molar-refractivity contribution is -0.139. The lowest BCUT2D eigenvalue weighted by atomic mass is 10.1. The van der Waals surface area contributed by atoms with Gasteiger partial charge in [-0.25, -0.2) is 8.42 Å². The molecule has 0 spiro atoms. The Morgan fingerprint density at radius 2 is 1.63 bits per heavy atom. The number of anilines is 1. The Morgan fingerprint density at radius 3 is 2.20 bits per heavy atom. The minimum atomic E-state index is -3.82. The maximum Gasteiger partial charge on any atom is 0.244 e. The van der Waals surface area contributed by atoms with Crippen molar-refractivity contribution >= 4 is 27.5 Å². The van der Waals surface area contributed by atoms with Crippen molar-refractivity contribution in [2.24, 2.45) is 0 Å². The van der Waals surface area contributed by atoms with Crippen molar-refractivity contribution < 1.29 is 22.7 Å². The SMILES string of the molecule is CCOc1ccccc1N(CC(=O)N(CCc1ccccc1)[C@@H](C)C(=O)NC(C)(C)C)S(C)(=O)=O. The first-order valence-corrected chi connectivity index (χ1v) is 13.5. The molecule has 2 rings (SSSR count). The smallest absolute Gasteiger partial charge is 0.244 e. The quantitative estimate of drug-likeness (QED) is 0.508. The largest absolute Gasteiger partial charge is 0.492 e. The molecule has 0 aliphatic carbocycles. The van der Waals surface area contributed by atoms with Crippen molar-refractivity contribution in [2.45, 2.75) is 52.6 Å². The second-order valence-electron chi connectivity index (χ2n) is 9.41. The highest BCUT2D eigenvalue weighted by Crippen LogP contribution is 2.30. The van der Waals surface area contributed by atoms with Crippen molar-refractivity contribution in [1.82, 2.24) is 10.2 Å². The zero-order chi connectivity index (χ0) is 26.2.